The largest absolute Gasteiger partial charge is 0.310 e. The molecule has 0 radical (unpaired) electrons. The minimum absolute atomic E-state index is 0.168. The number of nitrogens with one attached hydrogen (secondary N) is 1. The number of benzene rings is 1. The summed E-state index contributed by atoms with van der Waals surface area (Å²) in [5.74, 6) is 0. The fourth-order valence-corrected chi connectivity index (χ4v) is 2.46. The second kappa shape index (κ2) is 5.07. The van der Waals surface area contributed by atoms with Crippen LogP contribution in [0.2, 0.25) is 0 Å². The van der Waals surface area contributed by atoms with E-state index in [-0.39, 0.29) is 5.41 Å². The molecule has 2 heteroatoms. The molecule has 2 aromatic rings. The fourth-order valence-electron chi connectivity index (χ4n) is 2.46. The van der Waals surface area contributed by atoms with Gasteiger partial charge in [0.1, 0.15) is 0 Å². The average molecular weight is 242 g/mol. The van der Waals surface area contributed by atoms with Gasteiger partial charge in [0.25, 0.3) is 0 Å². The maximum atomic E-state index is 4.39. The molecular formula is C16H22N2. The molecular weight excluding hydrogens is 220 g/mol. The zero-order valence-electron chi connectivity index (χ0n) is 11.7. The SMILES string of the molecule is CCNC(c1cncc2ccccc12)C(C)(C)C. The predicted molar refractivity (Wildman–Crippen MR) is 77.6 cm³/mol. The predicted octanol–water partition coefficient (Wildman–Crippen LogP) is 3.93. The Morgan fingerprint density at radius 2 is 1.89 bits per heavy atom. The smallest absolute Gasteiger partial charge is 0.0390 e. The fraction of sp³-hybridized carbons (Fsp3) is 0.438. The van der Waals surface area contributed by atoms with E-state index < -0.39 is 0 Å². The molecule has 0 aliphatic rings. The van der Waals surface area contributed by atoms with Crippen LogP contribution in [0.5, 0.6) is 0 Å². The molecule has 1 atom stereocenters. The van der Waals surface area contributed by atoms with Crippen LogP contribution in [0.15, 0.2) is 36.7 Å². The van der Waals surface area contributed by atoms with Gasteiger partial charge in [0.15, 0.2) is 0 Å². The Labute approximate surface area is 109 Å². The van der Waals surface area contributed by atoms with Crippen LogP contribution in [0.1, 0.15) is 39.3 Å². The highest BCUT2D eigenvalue weighted by Crippen LogP contribution is 2.35. The zero-order chi connectivity index (χ0) is 13.2. The Balaban J connectivity index is 2.57. The molecule has 1 unspecified atom stereocenters. The van der Waals surface area contributed by atoms with E-state index in [9.17, 15) is 0 Å². The van der Waals surface area contributed by atoms with E-state index in [1.165, 1.54) is 16.3 Å². The first-order chi connectivity index (χ1) is 8.54. The van der Waals surface area contributed by atoms with E-state index in [0.717, 1.165) is 6.54 Å². The van der Waals surface area contributed by atoms with E-state index in [1.807, 2.05) is 12.4 Å². The summed E-state index contributed by atoms with van der Waals surface area (Å²) in [4.78, 5) is 4.39. The molecule has 1 N–H and O–H groups in total. The van der Waals surface area contributed by atoms with E-state index >= 15 is 0 Å². The van der Waals surface area contributed by atoms with Crippen LogP contribution in [-0.4, -0.2) is 11.5 Å². The third-order valence-corrected chi connectivity index (χ3v) is 3.28. The highest BCUT2D eigenvalue weighted by atomic mass is 14.9. The van der Waals surface area contributed by atoms with Gasteiger partial charge in [0, 0.05) is 23.8 Å². The van der Waals surface area contributed by atoms with Gasteiger partial charge in [0.2, 0.25) is 0 Å². The number of hydrogen-bond acceptors (Lipinski definition) is 2. The zero-order valence-corrected chi connectivity index (χ0v) is 11.7. The van der Waals surface area contributed by atoms with Crippen molar-refractivity contribution in [1.29, 1.82) is 0 Å². The lowest BCUT2D eigenvalue weighted by atomic mass is 9.81. The number of aromatic nitrogens is 1. The number of pyridine rings is 1. The molecule has 1 aromatic carbocycles. The Kier molecular flexibility index (Phi) is 3.67. The summed E-state index contributed by atoms with van der Waals surface area (Å²) in [6.45, 7) is 9.91. The quantitative estimate of drug-likeness (QED) is 0.882. The van der Waals surface area contributed by atoms with Gasteiger partial charge in [-0.3, -0.25) is 4.98 Å². The average Bonchev–Trinajstić information content (AvgIpc) is 2.34. The molecule has 18 heavy (non-hydrogen) atoms. The first-order valence-corrected chi connectivity index (χ1v) is 6.60. The van der Waals surface area contributed by atoms with Gasteiger partial charge in [-0.05, 0) is 22.9 Å². The lowest BCUT2D eigenvalue weighted by Crippen LogP contribution is -2.32. The van der Waals surface area contributed by atoms with Crippen LogP contribution in [0.4, 0.5) is 0 Å². The van der Waals surface area contributed by atoms with Crippen molar-refractivity contribution >= 4 is 10.8 Å². The summed E-state index contributed by atoms with van der Waals surface area (Å²) < 4.78 is 0. The van der Waals surface area contributed by atoms with Crippen molar-refractivity contribution in [2.24, 2.45) is 5.41 Å². The molecule has 0 aliphatic carbocycles. The second-order valence-electron chi connectivity index (χ2n) is 5.81. The van der Waals surface area contributed by atoms with Crippen LogP contribution >= 0.6 is 0 Å². The van der Waals surface area contributed by atoms with Gasteiger partial charge >= 0.3 is 0 Å². The van der Waals surface area contributed by atoms with Crippen molar-refractivity contribution < 1.29 is 0 Å². The molecule has 0 aliphatic heterocycles. The molecule has 1 heterocycles. The van der Waals surface area contributed by atoms with Crippen LogP contribution in [0.25, 0.3) is 10.8 Å². The number of rotatable bonds is 3. The van der Waals surface area contributed by atoms with Crippen molar-refractivity contribution in [3.63, 3.8) is 0 Å². The number of hydrogen-bond donors (Lipinski definition) is 1. The highest BCUT2D eigenvalue weighted by molar-refractivity contribution is 5.85. The Hall–Kier alpha value is -1.41. The lowest BCUT2D eigenvalue weighted by Gasteiger charge is -2.32. The van der Waals surface area contributed by atoms with Gasteiger partial charge in [0.05, 0.1) is 0 Å². The molecule has 1 aromatic heterocycles. The van der Waals surface area contributed by atoms with Crippen molar-refractivity contribution in [1.82, 2.24) is 10.3 Å². The Bertz CT molecular complexity index is 521. The van der Waals surface area contributed by atoms with Crippen LogP contribution in [0, 0.1) is 5.41 Å². The first kappa shape index (κ1) is 13.0. The molecule has 0 bridgehead atoms. The number of fused-ring (bicyclic) bond motifs is 1. The molecule has 0 amide bonds. The molecule has 0 saturated heterocycles. The van der Waals surface area contributed by atoms with Crippen molar-refractivity contribution in [2.75, 3.05) is 6.54 Å². The van der Waals surface area contributed by atoms with Crippen molar-refractivity contribution in [3.05, 3.63) is 42.2 Å². The number of nitrogens with zero attached hydrogens (tertiary/aromatic N) is 1. The molecule has 2 nitrogen and oxygen atoms in total. The summed E-state index contributed by atoms with van der Waals surface area (Å²) >= 11 is 0. The summed E-state index contributed by atoms with van der Waals surface area (Å²) in [5, 5.41) is 6.10. The minimum atomic E-state index is 0.168. The van der Waals surface area contributed by atoms with Crippen molar-refractivity contribution in [2.45, 2.75) is 33.7 Å². The lowest BCUT2D eigenvalue weighted by molar-refractivity contribution is 0.278. The van der Waals surface area contributed by atoms with Gasteiger partial charge in [-0.2, -0.15) is 0 Å². The first-order valence-electron chi connectivity index (χ1n) is 6.60. The third-order valence-electron chi connectivity index (χ3n) is 3.28. The standard InChI is InChI=1S/C16H22N2/c1-5-18-15(16(2,3)4)14-11-17-10-12-8-6-7-9-13(12)14/h6-11,15,18H,5H2,1-4H3. The van der Waals surface area contributed by atoms with Gasteiger partial charge in [-0.25, -0.2) is 0 Å². The summed E-state index contributed by atoms with van der Waals surface area (Å²) in [6, 6.07) is 8.78. The Morgan fingerprint density at radius 1 is 1.17 bits per heavy atom. The van der Waals surface area contributed by atoms with Crippen molar-refractivity contribution in [3.8, 4) is 0 Å². The van der Waals surface area contributed by atoms with Gasteiger partial charge < -0.3 is 5.32 Å². The maximum Gasteiger partial charge on any atom is 0.0390 e. The molecule has 0 saturated carbocycles. The normalized spacial score (nSPS) is 13.8. The Morgan fingerprint density at radius 3 is 2.56 bits per heavy atom. The summed E-state index contributed by atoms with van der Waals surface area (Å²) in [6.07, 6.45) is 3.94. The molecule has 96 valence electrons. The van der Waals surface area contributed by atoms with Crippen LogP contribution < -0.4 is 5.32 Å². The van der Waals surface area contributed by atoms with Gasteiger partial charge in [-0.15, -0.1) is 0 Å². The maximum absolute atomic E-state index is 4.39. The van der Waals surface area contributed by atoms with E-state index in [4.69, 9.17) is 0 Å². The third kappa shape index (κ3) is 2.54. The summed E-state index contributed by atoms with van der Waals surface area (Å²) in [5.41, 5.74) is 1.46. The molecule has 0 spiro atoms. The van der Waals surface area contributed by atoms with Gasteiger partial charge in [-0.1, -0.05) is 52.0 Å². The second-order valence-corrected chi connectivity index (χ2v) is 5.81. The van der Waals surface area contributed by atoms with Crippen LogP contribution in [-0.2, 0) is 0 Å². The summed E-state index contributed by atoms with van der Waals surface area (Å²) in [7, 11) is 0. The van der Waals surface area contributed by atoms with E-state index in [2.05, 4.69) is 62.3 Å². The molecule has 0 fully saturated rings. The van der Waals surface area contributed by atoms with E-state index in [0.29, 0.717) is 6.04 Å². The highest BCUT2D eigenvalue weighted by Gasteiger charge is 2.26. The van der Waals surface area contributed by atoms with Crippen LogP contribution in [0.3, 0.4) is 0 Å². The topological polar surface area (TPSA) is 24.9 Å². The monoisotopic (exact) mass is 242 g/mol. The molecule has 2 rings (SSSR count). The minimum Gasteiger partial charge on any atom is -0.310 e. The van der Waals surface area contributed by atoms with E-state index in [1.54, 1.807) is 0 Å².